The third-order valence-electron chi connectivity index (χ3n) is 3.20. The minimum absolute atomic E-state index is 0.109. The summed E-state index contributed by atoms with van der Waals surface area (Å²) < 4.78 is 7.18. The van der Waals surface area contributed by atoms with Gasteiger partial charge in [0.05, 0.1) is 6.54 Å². The highest BCUT2D eigenvalue weighted by Gasteiger charge is 2.18. The highest BCUT2D eigenvalue weighted by Crippen LogP contribution is 2.07. The SMILES string of the molecule is Cc1ccc(CNC(=O)C[C@@H](C)NC(=O)OC(C)(C)C)n1C. The van der Waals surface area contributed by atoms with Crippen molar-refractivity contribution in [2.75, 3.05) is 0 Å². The Hall–Kier alpha value is -1.98. The Kier molecular flexibility index (Phi) is 6.02. The van der Waals surface area contributed by atoms with E-state index >= 15 is 0 Å². The summed E-state index contributed by atoms with van der Waals surface area (Å²) in [6.45, 7) is 9.65. The molecule has 2 amide bonds. The fourth-order valence-electron chi connectivity index (χ4n) is 1.94. The van der Waals surface area contributed by atoms with Gasteiger partial charge in [-0.2, -0.15) is 0 Å². The van der Waals surface area contributed by atoms with E-state index in [4.69, 9.17) is 4.74 Å². The number of aromatic nitrogens is 1. The van der Waals surface area contributed by atoms with Gasteiger partial charge in [-0.05, 0) is 46.8 Å². The largest absolute Gasteiger partial charge is 0.444 e. The number of carbonyl (C=O) groups is 2. The fourth-order valence-corrected chi connectivity index (χ4v) is 1.94. The van der Waals surface area contributed by atoms with Crippen molar-refractivity contribution < 1.29 is 14.3 Å². The first kappa shape index (κ1) is 18.1. The van der Waals surface area contributed by atoms with Crippen molar-refractivity contribution in [3.8, 4) is 0 Å². The van der Waals surface area contributed by atoms with Crippen LogP contribution in [0.1, 0.15) is 45.5 Å². The van der Waals surface area contributed by atoms with Crippen LogP contribution in [-0.2, 0) is 23.1 Å². The van der Waals surface area contributed by atoms with Crippen LogP contribution in [0, 0.1) is 6.92 Å². The topological polar surface area (TPSA) is 72.4 Å². The standard InChI is InChI=1S/C16H27N3O3/c1-11(18-15(21)22-16(3,4)5)9-14(20)17-10-13-8-7-12(2)19(13)6/h7-8,11H,9-10H2,1-6H3,(H,17,20)(H,18,21)/t11-/m1/s1. The van der Waals surface area contributed by atoms with E-state index in [1.807, 2.05) is 30.7 Å². The molecule has 0 spiro atoms. The summed E-state index contributed by atoms with van der Waals surface area (Å²) in [4.78, 5) is 23.5. The number of ether oxygens (including phenoxy) is 1. The molecule has 124 valence electrons. The van der Waals surface area contributed by atoms with E-state index in [-0.39, 0.29) is 18.4 Å². The smallest absolute Gasteiger partial charge is 0.407 e. The summed E-state index contributed by atoms with van der Waals surface area (Å²) in [6, 6.07) is 3.71. The van der Waals surface area contributed by atoms with Crippen LogP contribution in [0.2, 0.25) is 0 Å². The zero-order chi connectivity index (χ0) is 16.9. The summed E-state index contributed by atoms with van der Waals surface area (Å²) in [6.07, 6.45) is -0.298. The van der Waals surface area contributed by atoms with E-state index < -0.39 is 11.7 Å². The van der Waals surface area contributed by atoms with Crippen molar-refractivity contribution in [2.24, 2.45) is 7.05 Å². The maximum absolute atomic E-state index is 11.9. The third kappa shape index (κ3) is 6.20. The maximum Gasteiger partial charge on any atom is 0.407 e. The molecule has 0 radical (unpaired) electrons. The Morgan fingerprint density at radius 1 is 1.32 bits per heavy atom. The lowest BCUT2D eigenvalue weighted by Gasteiger charge is -2.21. The van der Waals surface area contributed by atoms with Gasteiger partial charge in [0.2, 0.25) is 5.91 Å². The van der Waals surface area contributed by atoms with Crippen LogP contribution >= 0.6 is 0 Å². The zero-order valence-electron chi connectivity index (χ0n) is 14.3. The number of alkyl carbamates (subject to hydrolysis) is 1. The van der Waals surface area contributed by atoms with E-state index in [9.17, 15) is 9.59 Å². The van der Waals surface area contributed by atoms with Gasteiger partial charge in [-0.1, -0.05) is 0 Å². The molecule has 0 aliphatic carbocycles. The van der Waals surface area contributed by atoms with Gasteiger partial charge in [-0.3, -0.25) is 4.79 Å². The van der Waals surface area contributed by atoms with Crippen molar-refractivity contribution in [1.29, 1.82) is 0 Å². The average molecular weight is 309 g/mol. The predicted molar refractivity (Wildman–Crippen MR) is 85.4 cm³/mol. The molecule has 1 aromatic heterocycles. The summed E-state index contributed by atoms with van der Waals surface area (Å²) in [7, 11) is 1.96. The molecule has 6 heteroatoms. The second-order valence-electron chi connectivity index (χ2n) is 6.55. The Balaban J connectivity index is 2.35. The van der Waals surface area contributed by atoms with Gasteiger partial charge in [0.15, 0.2) is 0 Å². The van der Waals surface area contributed by atoms with Gasteiger partial charge in [-0.25, -0.2) is 4.79 Å². The Morgan fingerprint density at radius 3 is 2.45 bits per heavy atom. The summed E-state index contributed by atoms with van der Waals surface area (Å²) in [5.41, 5.74) is 1.64. The van der Waals surface area contributed by atoms with E-state index in [0.717, 1.165) is 11.4 Å². The van der Waals surface area contributed by atoms with Gasteiger partial charge in [-0.15, -0.1) is 0 Å². The number of nitrogens with one attached hydrogen (secondary N) is 2. The minimum Gasteiger partial charge on any atom is -0.444 e. The van der Waals surface area contributed by atoms with E-state index in [2.05, 4.69) is 10.6 Å². The molecule has 6 nitrogen and oxygen atoms in total. The van der Waals surface area contributed by atoms with Crippen LogP contribution in [0.3, 0.4) is 0 Å². The summed E-state index contributed by atoms with van der Waals surface area (Å²) >= 11 is 0. The molecule has 2 N–H and O–H groups in total. The van der Waals surface area contributed by atoms with Gasteiger partial charge >= 0.3 is 6.09 Å². The maximum atomic E-state index is 11.9. The lowest BCUT2D eigenvalue weighted by molar-refractivity contribution is -0.121. The van der Waals surface area contributed by atoms with Gasteiger partial charge in [0.1, 0.15) is 5.60 Å². The molecule has 0 aromatic carbocycles. The summed E-state index contributed by atoms with van der Waals surface area (Å²) in [5, 5.41) is 5.51. The molecule has 0 fully saturated rings. The van der Waals surface area contributed by atoms with E-state index in [1.165, 1.54) is 0 Å². The van der Waals surface area contributed by atoms with Gasteiger partial charge in [0.25, 0.3) is 0 Å². The van der Waals surface area contributed by atoms with Crippen molar-refractivity contribution >= 4 is 12.0 Å². The predicted octanol–water partition coefficient (Wildman–Crippen LogP) is 2.25. The van der Waals surface area contributed by atoms with E-state index in [0.29, 0.717) is 6.54 Å². The normalized spacial score (nSPS) is 12.6. The van der Waals surface area contributed by atoms with Crippen LogP contribution in [-0.4, -0.2) is 28.2 Å². The average Bonchev–Trinajstić information content (AvgIpc) is 2.64. The third-order valence-corrected chi connectivity index (χ3v) is 3.20. The molecule has 1 rings (SSSR count). The Bertz CT molecular complexity index is 529. The van der Waals surface area contributed by atoms with Crippen LogP contribution in [0.4, 0.5) is 4.79 Å². The molecule has 0 unspecified atom stereocenters. The lowest BCUT2D eigenvalue weighted by atomic mass is 10.2. The molecule has 1 atom stereocenters. The highest BCUT2D eigenvalue weighted by atomic mass is 16.6. The van der Waals surface area contributed by atoms with Crippen LogP contribution in [0.15, 0.2) is 12.1 Å². The number of aryl methyl sites for hydroxylation is 1. The first-order valence-electron chi connectivity index (χ1n) is 7.46. The fraction of sp³-hybridized carbons (Fsp3) is 0.625. The van der Waals surface area contributed by atoms with Crippen LogP contribution < -0.4 is 10.6 Å². The molecule has 0 aliphatic heterocycles. The molecule has 1 heterocycles. The number of amides is 2. The van der Waals surface area contributed by atoms with Crippen LogP contribution in [0.5, 0.6) is 0 Å². The number of hydrogen-bond donors (Lipinski definition) is 2. The number of carbonyl (C=O) groups excluding carboxylic acids is 2. The van der Waals surface area contributed by atoms with E-state index in [1.54, 1.807) is 27.7 Å². The van der Waals surface area contributed by atoms with Crippen molar-refractivity contribution in [3.05, 3.63) is 23.5 Å². The Morgan fingerprint density at radius 2 is 1.95 bits per heavy atom. The minimum atomic E-state index is -0.545. The van der Waals surface area contributed by atoms with Crippen LogP contribution in [0.25, 0.3) is 0 Å². The molecule has 1 aromatic rings. The van der Waals surface area contributed by atoms with Crippen molar-refractivity contribution in [1.82, 2.24) is 15.2 Å². The second-order valence-corrected chi connectivity index (χ2v) is 6.55. The zero-order valence-corrected chi connectivity index (χ0v) is 14.3. The first-order chi connectivity index (χ1) is 10.1. The van der Waals surface area contributed by atoms with Crippen molar-refractivity contribution in [3.63, 3.8) is 0 Å². The first-order valence-corrected chi connectivity index (χ1v) is 7.46. The van der Waals surface area contributed by atoms with Crippen molar-refractivity contribution in [2.45, 2.75) is 59.2 Å². The molecule has 0 saturated heterocycles. The number of nitrogens with zero attached hydrogens (tertiary/aromatic N) is 1. The highest BCUT2D eigenvalue weighted by molar-refractivity contribution is 5.77. The molecule has 0 bridgehead atoms. The van der Waals surface area contributed by atoms with Gasteiger partial charge in [0, 0.05) is 30.9 Å². The molecule has 0 aliphatic rings. The molecule has 22 heavy (non-hydrogen) atoms. The lowest BCUT2D eigenvalue weighted by Crippen LogP contribution is -2.40. The second kappa shape index (κ2) is 7.33. The molecule has 0 saturated carbocycles. The monoisotopic (exact) mass is 309 g/mol. The van der Waals surface area contributed by atoms with Gasteiger partial charge < -0.3 is 19.9 Å². The molecular weight excluding hydrogens is 282 g/mol. The number of rotatable bonds is 5. The quantitative estimate of drug-likeness (QED) is 0.876. The summed E-state index contributed by atoms with van der Waals surface area (Å²) in [5.74, 6) is -0.109. The molecular formula is C16H27N3O3. The Labute approximate surface area is 132 Å². The number of hydrogen-bond acceptors (Lipinski definition) is 3.